The lowest BCUT2D eigenvalue weighted by atomic mass is 10.3. The Kier molecular flexibility index (Phi) is 3.82. The first-order valence-electron chi connectivity index (χ1n) is 5.63. The lowest BCUT2D eigenvalue weighted by Gasteiger charge is -2.26. The number of ether oxygens (including phenoxy) is 1. The van der Waals surface area contributed by atoms with E-state index in [1.54, 1.807) is 18.1 Å². The molecule has 1 fully saturated rings. The Morgan fingerprint density at radius 2 is 2.18 bits per heavy atom. The normalized spacial score (nSPS) is 15.5. The summed E-state index contributed by atoms with van der Waals surface area (Å²) < 4.78 is 5.10. The molecule has 1 aromatic rings. The van der Waals surface area contributed by atoms with Gasteiger partial charge in [0.05, 0.1) is 7.11 Å². The van der Waals surface area contributed by atoms with E-state index >= 15 is 0 Å². The number of anilines is 1. The number of carbonyl (C=O) groups excluding carboxylic acids is 1. The number of methoxy groups -OCH3 is 1. The molecule has 0 saturated carbocycles. The predicted molar refractivity (Wildman–Crippen MR) is 65.5 cm³/mol. The molecule has 0 bridgehead atoms. The summed E-state index contributed by atoms with van der Waals surface area (Å²) in [6.07, 6.45) is 0. The first-order valence-corrected chi connectivity index (χ1v) is 5.63. The number of rotatable bonds is 2. The van der Waals surface area contributed by atoms with Crippen LogP contribution in [0.1, 0.15) is 0 Å². The van der Waals surface area contributed by atoms with E-state index in [1.165, 1.54) is 0 Å². The fraction of sp³-hybridized carbons (Fsp3) is 0.417. The molecule has 17 heavy (non-hydrogen) atoms. The van der Waals surface area contributed by atoms with Gasteiger partial charge in [-0.05, 0) is 12.1 Å². The van der Waals surface area contributed by atoms with Crippen molar-refractivity contribution in [2.45, 2.75) is 0 Å². The minimum absolute atomic E-state index is 0.0758. The average Bonchev–Trinajstić information content (AvgIpc) is 2.40. The lowest BCUT2D eigenvalue weighted by Crippen LogP contribution is -2.45. The third kappa shape index (κ3) is 3.10. The van der Waals surface area contributed by atoms with Gasteiger partial charge in [-0.2, -0.15) is 0 Å². The van der Waals surface area contributed by atoms with Gasteiger partial charge in [-0.3, -0.25) is 0 Å². The van der Waals surface area contributed by atoms with Crippen molar-refractivity contribution in [1.82, 2.24) is 10.2 Å². The summed E-state index contributed by atoms with van der Waals surface area (Å²) in [5.41, 5.74) is 0.747. The summed E-state index contributed by atoms with van der Waals surface area (Å²) in [5, 5.41) is 7.05. The molecule has 0 aromatic heterocycles. The molecule has 1 aromatic carbocycles. The van der Waals surface area contributed by atoms with Crippen molar-refractivity contribution in [2.24, 2.45) is 0 Å². The zero-order valence-corrected chi connectivity index (χ0v) is 9.85. The number of piperazine rings is 1. The van der Waals surface area contributed by atoms with Crippen LogP contribution in [0.25, 0.3) is 0 Å². The van der Waals surface area contributed by atoms with Crippen LogP contribution in [-0.4, -0.2) is 44.2 Å². The van der Waals surface area contributed by atoms with Gasteiger partial charge < -0.3 is 15.0 Å². The zero-order chi connectivity index (χ0) is 12.1. The minimum Gasteiger partial charge on any atom is -0.497 e. The van der Waals surface area contributed by atoms with E-state index in [0.717, 1.165) is 24.5 Å². The van der Waals surface area contributed by atoms with Crippen LogP contribution in [0.2, 0.25) is 0 Å². The highest BCUT2D eigenvalue weighted by Crippen LogP contribution is 2.17. The summed E-state index contributed by atoms with van der Waals surface area (Å²) in [5.74, 6) is 0.733. The fourth-order valence-corrected chi connectivity index (χ4v) is 1.71. The second kappa shape index (κ2) is 5.54. The van der Waals surface area contributed by atoms with Crippen molar-refractivity contribution in [3.63, 3.8) is 0 Å². The van der Waals surface area contributed by atoms with Crippen LogP contribution < -0.4 is 15.4 Å². The number of hydrogen-bond donors (Lipinski definition) is 1. The molecule has 1 radical (unpaired) electrons. The van der Waals surface area contributed by atoms with E-state index in [-0.39, 0.29) is 6.03 Å². The van der Waals surface area contributed by atoms with Crippen LogP contribution in [0.15, 0.2) is 24.3 Å². The van der Waals surface area contributed by atoms with Crippen molar-refractivity contribution < 1.29 is 9.53 Å². The molecular weight excluding hydrogens is 218 g/mol. The van der Waals surface area contributed by atoms with E-state index in [1.807, 2.05) is 18.2 Å². The van der Waals surface area contributed by atoms with Gasteiger partial charge in [0.1, 0.15) is 5.75 Å². The van der Waals surface area contributed by atoms with E-state index in [0.29, 0.717) is 13.1 Å². The van der Waals surface area contributed by atoms with Gasteiger partial charge in [-0.15, -0.1) is 0 Å². The summed E-state index contributed by atoms with van der Waals surface area (Å²) in [4.78, 5) is 13.7. The summed E-state index contributed by atoms with van der Waals surface area (Å²) >= 11 is 0. The smallest absolute Gasteiger partial charge is 0.321 e. The third-order valence-corrected chi connectivity index (χ3v) is 2.66. The van der Waals surface area contributed by atoms with E-state index in [4.69, 9.17) is 4.74 Å². The molecule has 1 heterocycles. The fourth-order valence-electron chi connectivity index (χ4n) is 1.71. The highest BCUT2D eigenvalue weighted by Gasteiger charge is 2.16. The second-order valence-electron chi connectivity index (χ2n) is 3.82. The molecule has 5 nitrogen and oxygen atoms in total. The topological polar surface area (TPSA) is 55.7 Å². The summed E-state index contributed by atoms with van der Waals surface area (Å²) in [6.45, 7) is 2.84. The standard InChI is InChI=1S/C12H16N3O2/c1-17-11-4-2-3-10(9-11)14-12(16)15-7-5-13-6-8-15/h2-4,9H,5-8H2,1H3,(H,14,16). The quantitative estimate of drug-likeness (QED) is 0.834. The van der Waals surface area contributed by atoms with Crippen molar-refractivity contribution in [3.05, 3.63) is 24.3 Å². The number of carbonyl (C=O) groups is 1. The van der Waals surface area contributed by atoms with Gasteiger partial charge in [-0.1, -0.05) is 6.07 Å². The van der Waals surface area contributed by atoms with Crippen molar-refractivity contribution in [3.8, 4) is 5.75 Å². The van der Waals surface area contributed by atoms with Gasteiger partial charge in [0.25, 0.3) is 0 Å². The highest BCUT2D eigenvalue weighted by atomic mass is 16.5. The van der Waals surface area contributed by atoms with Crippen LogP contribution in [0, 0.1) is 0 Å². The molecule has 1 aliphatic rings. The SMILES string of the molecule is COc1cccc(NC(=O)N2CC[N]CC2)c1. The molecule has 1 aliphatic heterocycles. The maximum Gasteiger partial charge on any atom is 0.321 e. The molecule has 91 valence electrons. The Labute approximate surface area is 101 Å². The molecule has 0 spiro atoms. The average molecular weight is 234 g/mol. The van der Waals surface area contributed by atoms with Crippen molar-refractivity contribution in [1.29, 1.82) is 0 Å². The molecule has 0 atom stereocenters. The minimum atomic E-state index is -0.0758. The molecule has 0 unspecified atom stereocenters. The third-order valence-electron chi connectivity index (χ3n) is 2.66. The Morgan fingerprint density at radius 3 is 2.88 bits per heavy atom. The molecule has 1 saturated heterocycles. The maximum absolute atomic E-state index is 11.9. The van der Waals surface area contributed by atoms with Gasteiger partial charge in [0.15, 0.2) is 0 Å². The molecule has 2 amide bonds. The number of benzene rings is 1. The van der Waals surface area contributed by atoms with Gasteiger partial charge in [0, 0.05) is 37.9 Å². The van der Waals surface area contributed by atoms with E-state index in [2.05, 4.69) is 10.6 Å². The second-order valence-corrected chi connectivity index (χ2v) is 3.82. The Morgan fingerprint density at radius 1 is 1.41 bits per heavy atom. The number of urea groups is 1. The maximum atomic E-state index is 11.9. The first-order chi connectivity index (χ1) is 8.29. The summed E-state index contributed by atoms with van der Waals surface area (Å²) in [6, 6.07) is 7.25. The zero-order valence-electron chi connectivity index (χ0n) is 9.85. The predicted octanol–water partition coefficient (Wildman–Crippen LogP) is 1.15. The molecular formula is C12H16N3O2. The Hall–Kier alpha value is -1.75. The first kappa shape index (κ1) is 11.7. The van der Waals surface area contributed by atoms with E-state index < -0.39 is 0 Å². The number of nitrogens with one attached hydrogen (secondary N) is 1. The Bertz CT molecular complexity index is 389. The highest BCUT2D eigenvalue weighted by molar-refractivity contribution is 5.89. The van der Waals surface area contributed by atoms with Gasteiger partial charge in [-0.25, -0.2) is 10.1 Å². The van der Waals surface area contributed by atoms with Crippen molar-refractivity contribution >= 4 is 11.7 Å². The van der Waals surface area contributed by atoms with Crippen LogP contribution >= 0.6 is 0 Å². The van der Waals surface area contributed by atoms with Gasteiger partial charge in [0.2, 0.25) is 0 Å². The lowest BCUT2D eigenvalue weighted by molar-refractivity contribution is 0.203. The Balaban J connectivity index is 1.96. The summed E-state index contributed by atoms with van der Waals surface area (Å²) in [7, 11) is 1.60. The molecule has 5 heteroatoms. The van der Waals surface area contributed by atoms with Crippen LogP contribution in [0.5, 0.6) is 5.75 Å². The van der Waals surface area contributed by atoms with Gasteiger partial charge >= 0.3 is 6.03 Å². The van der Waals surface area contributed by atoms with Crippen LogP contribution in [-0.2, 0) is 0 Å². The van der Waals surface area contributed by atoms with Crippen LogP contribution in [0.4, 0.5) is 10.5 Å². The number of hydrogen-bond acceptors (Lipinski definition) is 2. The van der Waals surface area contributed by atoms with Crippen molar-refractivity contribution in [2.75, 3.05) is 38.6 Å². The van der Waals surface area contributed by atoms with E-state index in [9.17, 15) is 4.79 Å². The largest absolute Gasteiger partial charge is 0.497 e. The molecule has 1 N–H and O–H groups in total. The molecule has 2 rings (SSSR count). The van der Waals surface area contributed by atoms with Crippen LogP contribution in [0.3, 0.4) is 0 Å². The number of amides is 2. The number of nitrogens with zero attached hydrogens (tertiary/aromatic N) is 2. The molecule has 0 aliphatic carbocycles. The monoisotopic (exact) mass is 234 g/mol.